The second-order valence-electron chi connectivity index (χ2n) is 4.76. The Balaban J connectivity index is 2.34. The quantitative estimate of drug-likeness (QED) is 0.641. The number of rotatable bonds is 0. The average molecular weight is 227 g/mol. The first kappa shape index (κ1) is 13.5. The standard InChI is InChI=1S/C12H25N3O/c1-15-9-5-2-4-8-14-12(16)11(13)7-3-6-10-15/h11H,2-10,13H2,1H3,(H,14,16). The molecule has 1 aliphatic heterocycles. The van der Waals surface area contributed by atoms with Crippen molar-refractivity contribution in [3.05, 3.63) is 0 Å². The van der Waals surface area contributed by atoms with Crippen molar-refractivity contribution >= 4 is 5.91 Å². The summed E-state index contributed by atoms with van der Waals surface area (Å²) in [6.07, 6.45) is 6.45. The van der Waals surface area contributed by atoms with Gasteiger partial charge >= 0.3 is 0 Å². The summed E-state index contributed by atoms with van der Waals surface area (Å²) in [4.78, 5) is 13.9. The predicted octanol–water partition coefficient (Wildman–Crippen LogP) is 0.716. The first-order valence-electron chi connectivity index (χ1n) is 6.42. The summed E-state index contributed by atoms with van der Waals surface area (Å²) in [5, 5.41) is 2.90. The first-order valence-corrected chi connectivity index (χ1v) is 6.42. The molecule has 4 nitrogen and oxygen atoms in total. The molecular weight excluding hydrogens is 202 g/mol. The largest absolute Gasteiger partial charge is 0.355 e. The molecule has 1 unspecified atom stereocenters. The van der Waals surface area contributed by atoms with E-state index in [2.05, 4.69) is 17.3 Å². The van der Waals surface area contributed by atoms with Gasteiger partial charge in [-0.2, -0.15) is 0 Å². The Kier molecular flexibility index (Phi) is 6.42. The van der Waals surface area contributed by atoms with Crippen LogP contribution in [0.15, 0.2) is 0 Å². The lowest BCUT2D eigenvalue weighted by molar-refractivity contribution is -0.122. The summed E-state index contributed by atoms with van der Waals surface area (Å²) in [5.41, 5.74) is 5.81. The Morgan fingerprint density at radius 2 is 1.88 bits per heavy atom. The van der Waals surface area contributed by atoms with Crippen LogP contribution in [0.25, 0.3) is 0 Å². The molecule has 0 bridgehead atoms. The maximum atomic E-state index is 11.5. The van der Waals surface area contributed by atoms with Crippen LogP contribution in [0.1, 0.15) is 38.5 Å². The molecule has 0 aromatic carbocycles. The highest BCUT2D eigenvalue weighted by molar-refractivity contribution is 5.81. The molecule has 1 amide bonds. The molecular formula is C12H25N3O. The number of nitrogens with one attached hydrogen (secondary N) is 1. The Bertz CT molecular complexity index is 208. The van der Waals surface area contributed by atoms with Gasteiger partial charge in [0.25, 0.3) is 0 Å². The summed E-state index contributed by atoms with van der Waals surface area (Å²) in [5.74, 6) is 0.0209. The van der Waals surface area contributed by atoms with Crippen molar-refractivity contribution in [1.29, 1.82) is 0 Å². The summed E-state index contributed by atoms with van der Waals surface area (Å²) in [7, 11) is 2.17. The summed E-state index contributed by atoms with van der Waals surface area (Å²) >= 11 is 0. The van der Waals surface area contributed by atoms with E-state index in [1.54, 1.807) is 0 Å². The number of hydrogen-bond donors (Lipinski definition) is 2. The van der Waals surface area contributed by atoms with Gasteiger partial charge in [0.1, 0.15) is 0 Å². The molecule has 1 atom stereocenters. The van der Waals surface area contributed by atoms with E-state index in [1.165, 1.54) is 19.4 Å². The minimum atomic E-state index is -0.314. The Hall–Kier alpha value is -0.610. The van der Waals surface area contributed by atoms with Gasteiger partial charge in [-0.1, -0.05) is 12.8 Å². The van der Waals surface area contributed by atoms with Gasteiger partial charge in [0, 0.05) is 6.54 Å². The van der Waals surface area contributed by atoms with E-state index in [0.29, 0.717) is 0 Å². The van der Waals surface area contributed by atoms with Crippen LogP contribution in [0.5, 0.6) is 0 Å². The summed E-state index contributed by atoms with van der Waals surface area (Å²) in [6.45, 7) is 3.06. The first-order chi connectivity index (χ1) is 7.70. The number of carbonyl (C=O) groups is 1. The third kappa shape index (κ3) is 5.47. The van der Waals surface area contributed by atoms with Gasteiger partial charge in [-0.3, -0.25) is 4.79 Å². The van der Waals surface area contributed by atoms with E-state index >= 15 is 0 Å². The molecule has 0 aromatic heterocycles. The lowest BCUT2D eigenvalue weighted by Gasteiger charge is -2.16. The number of carbonyl (C=O) groups excluding carboxylic acids is 1. The third-order valence-electron chi connectivity index (χ3n) is 3.16. The number of amides is 1. The van der Waals surface area contributed by atoms with Crippen molar-refractivity contribution in [3.8, 4) is 0 Å². The molecule has 16 heavy (non-hydrogen) atoms. The molecule has 4 heteroatoms. The van der Waals surface area contributed by atoms with Crippen molar-refractivity contribution in [2.45, 2.75) is 44.6 Å². The Morgan fingerprint density at radius 1 is 1.19 bits per heavy atom. The maximum absolute atomic E-state index is 11.5. The van der Waals surface area contributed by atoms with E-state index < -0.39 is 0 Å². The molecule has 1 rings (SSSR count). The molecule has 0 spiro atoms. The monoisotopic (exact) mass is 227 g/mol. The molecule has 0 saturated carbocycles. The van der Waals surface area contributed by atoms with Crippen molar-refractivity contribution in [1.82, 2.24) is 10.2 Å². The van der Waals surface area contributed by atoms with Crippen molar-refractivity contribution in [2.75, 3.05) is 26.7 Å². The highest BCUT2D eigenvalue weighted by Crippen LogP contribution is 2.04. The zero-order chi connectivity index (χ0) is 11.8. The summed E-state index contributed by atoms with van der Waals surface area (Å²) in [6, 6.07) is -0.314. The van der Waals surface area contributed by atoms with Crippen molar-refractivity contribution in [2.24, 2.45) is 5.73 Å². The van der Waals surface area contributed by atoms with Gasteiger partial charge in [0.05, 0.1) is 6.04 Å². The maximum Gasteiger partial charge on any atom is 0.236 e. The van der Waals surface area contributed by atoms with Crippen LogP contribution < -0.4 is 11.1 Å². The molecule has 1 fully saturated rings. The van der Waals surface area contributed by atoms with Crippen molar-refractivity contribution in [3.63, 3.8) is 0 Å². The van der Waals surface area contributed by atoms with Crippen LogP contribution in [0.2, 0.25) is 0 Å². The zero-order valence-corrected chi connectivity index (χ0v) is 10.4. The molecule has 94 valence electrons. The summed E-state index contributed by atoms with van der Waals surface area (Å²) < 4.78 is 0. The molecule has 0 aromatic rings. The minimum Gasteiger partial charge on any atom is -0.355 e. The van der Waals surface area contributed by atoms with Crippen LogP contribution in [-0.2, 0) is 4.79 Å². The smallest absolute Gasteiger partial charge is 0.236 e. The van der Waals surface area contributed by atoms with Crippen LogP contribution in [0, 0.1) is 0 Å². The van der Waals surface area contributed by atoms with Gasteiger partial charge in [-0.15, -0.1) is 0 Å². The van der Waals surface area contributed by atoms with E-state index in [1.807, 2.05) is 0 Å². The van der Waals surface area contributed by atoms with E-state index in [9.17, 15) is 4.79 Å². The topological polar surface area (TPSA) is 58.4 Å². The van der Waals surface area contributed by atoms with Crippen molar-refractivity contribution < 1.29 is 4.79 Å². The van der Waals surface area contributed by atoms with E-state index in [-0.39, 0.29) is 11.9 Å². The fourth-order valence-corrected chi connectivity index (χ4v) is 2.02. The highest BCUT2D eigenvalue weighted by atomic mass is 16.2. The SMILES string of the molecule is CN1CCCCCNC(=O)C(N)CCCC1. The molecule has 1 saturated heterocycles. The molecule has 1 heterocycles. The van der Waals surface area contributed by atoms with Crippen LogP contribution >= 0.6 is 0 Å². The van der Waals surface area contributed by atoms with E-state index in [4.69, 9.17) is 5.73 Å². The molecule has 3 N–H and O–H groups in total. The van der Waals surface area contributed by atoms with Gasteiger partial charge in [0.2, 0.25) is 5.91 Å². The number of hydrogen-bond acceptors (Lipinski definition) is 3. The molecule has 0 aliphatic carbocycles. The second kappa shape index (κ2) is 7.63. The van der Waals surface area contributed by atoms with Crippen LogP contribution in [0.4, 0.5) is 0 Å². The van der Waals surface area contributed by atoms with Gasteiger partial charge < -0.3 is 16.0 Å². The lowest BCUT2D eigenvalue weighted by atomic mass is 10.1. The van der Waals surface area contributed by atoms with Gasteiger partial charge in [-0.25, -0.2) is 0 Å². The average Bonchev–Trinajstić information content (AvgIpc) is 2.28. The fraction of sp³-hybridized carbons (Fsp3) is 0.917. The lowest BCUT2D eigenvalue weighted by Crippen LogP contribution is -2.40. The Morgan fingerprint density at radius 3 is 2.62 bits per heavy atom. The molecule has 0 radical (unpaired) electrons. The fourth-order valence-electron chi connectivity index (χ4n) is 2.02. The van der Waals surface area contributed by atoms with Crippen LogP contribution in [-0.4, -0.2) is 43.5 Å². The van der Waals surface area contributed by atoms with E-state index in [0.717, 1.165) is 38.8 Å². The Labute approximate surface area is 98.6 Å². The predicted molar refractivity (Wildman–Crippen MR) is 66.2 cm³/mol. The molecule has 1 aliphatic rings. The van der Waals surface area contributed by atoms with Crippen LogP contribution in [0.3, 0.4) is 0 Å². The number of nitrogens with zero attached hydrogens (tertiary/aromatic N) is 1. The minimum absolute atomic E-state index is 0.0209. The highest BCUT2D eigenvalue weighted by Gasteiger charge is 2.12. The second-order valence-corrected chi connectivity index (χ2v) is 4.76. The number of nitrogens with two attached hydrogens (primary N) is 1. The third-order valence-corrected chi connectivity index (χ3v) is 3.16. The van der Waals surface area contributed by atoms with Gasteiger partial charge in [-0.05, 0) is 45.8 Å². The zero-order valence-electron chi connectivity index (χ0n) is 10.4. The van der Waals surface area contributed by atoms with Gasteiger partial charge in [0.15, 0.2) is 0 Å². The normalized spacial score (nSPS) is 27.4.